The molecule has 0 N–H and O–H groups in total. The predicted molar refractivity (Wildman–Crippen MR) is 91.2 cm³/mol. The zero-order valence-electron chi connectivity index (χ0n) is 13.8. The second-order valence-corrected chi connectivity index (χ2v) is 6.38. The van der Waals surface area contributed by atoms with Crippen LogP contribution in [0.25, 0.3) is 0 Å². The van der Waals surface area contributed by atoms with Gasteiger partial charge in [0.1, 0.15) is 11.5 Å². The van der Waals surface area contributed by atoms with Gasteiger partial charge in [-0.15, -0.1) is 0 Å². The van der Waals surface area contributed by atoms with Crippen LogP contribution in [0.2, 0.25) is 0 Å². The fourth-order valence-corrected chi connectivity index (χ4v) is 3.73. The molecule has 2 aromatic rings. The number of hydrogen-bond donors (Lipinski definition) is 0. The van der Waals surface area contributed by atoms with E-state index in [1.54, 1.807) is 7.11 Å². The second kappa shape index (κ2) is 6.19. The Bertz CT molecular complexity index is 733. The van der Waals surface area contributed by atoms with Crippen molar-refractivity contribution in [3.63, 3.8) is 0 Å². The Labute approximate surface area is 142 Å². The zero-order chi connectivity index (χ0) is 16.5. The van der Waals surface area contributed by atoms with Gasteiger partial charge in [0, 0.05) is 13.0 Å². The van der Waals surface area contributed by atoms with Gasteiger partial charge in [-0.05, 0) is 42.2 Å². The summed E-state index contributed by atoms with van der Waals surface area (Å²) in [5.74, 6) is 1.76. The van der Waals surface area contributed by atoms with Crippen molar-refractivity contribution in [1.29, 1.82) is 0 Å². The third-order valence-corrected chi connectivity index (χ3v) is 4.94. The van der Waals surface area contributed by atoms with Crippen LogP contribution in [-0.2, 0) is 11.2 Å². The molecule has 2 aliphatic rings. The van der Waals surface area contributed by atoms with E-state index >= 15 is 0 Å². The minimum Gasteiger partial charge on any atom is -0.497 e. The molecule has 4 heteroatoms. The number of methoxy groups -OCH3 is 1. The molecule has 0 radical (unpaired) electrons. The normalized spacial score (nSPS) is 22.1. The van der Waals surface area contributed by atoms with Crippen molar-refractivity contribution in [2.24, 2.45) is 0 Å². The summed E-state index contributed by atoms with van der Waals surface area (Å²) in [5, 5.41) is 0. The van der Waals surface area contributed by atoms with Crippen LogP contribution in [-0.4, -0.2) is 30.6 Å². The fraction of sp³-hybridized carbons (Fsp3) is 0.350. The van der Waals surface area contributed by atoms with Crippen molar-refractivity contribution in [2.75, 3.05) is 13.7 Å². The SMILES string of the molecule is COc1cccc([C@@H]2CCCN2C(=O)[C@H]2Cc3ccccc3O2)c1. The highest BCUT2D eigenvalue weighted by Crippen LogP contribution is 2.36. The smallest absolute Gasteiger partial charge is 0.264 e. The van der Waals surface area contributed by atoms with Crippen LogP contribution in [0, 0.1) is 0 Å². The van der Waals surface area contributed by atoms with E-state index < -0.39 is 6.10 Å². The lowest BCUT2D eigenvalue weighted by molar-refractivity contribution is -0.138. The van der Waals surface area contributed by atoms with Gasteiger partial charge in [-0.2, -0.15) is 0 Å². The summed E-state index contributed by atoms with van der Waals surface area (Å²) in [6.07, 6.45) is 2.27. The Balaban J connectivity index is 1.54. The third-order valence-electron chi connectivity index (χ3n) is 4.94. The van der Waals surface area contributed by atoms with Gasteiger partial charge in [-0.25, -0.2) is 0 Å². The summed E-state index contributed by atoms with van der Waals surface area (Å²) in [6.45, 7) is 0.789. The van der Waals surface area contributed by atoms with E-state index in [-0.39, 0.29) is 11.9 Å². The first-order valence-electron chi connectivity index (χ1n) is 8.45. The van der Waals surface area contributed by atoms with Crippen LogP contribution in [0.1, 0.15) is 30.0 Å². The summed E-state index contributed by atoms with van der Waals surface area (Å²) < 4.78 is 11.2. The molecule has 0 aromatic heterocycles. The van der Waals surface area contributed by atoms with E-state index in [9.17, 15) is 4.79 Å². The summed E-state index contributed by atoms with van der Waals surface area (Å²) in [6, 6.07) is 16.0. The van der Waals surface area contributed by atoms with Gasteiger partial charge in [-0.1, -0.05) is 30.3 Å². The molecule has 2 aromatic carbocycles. The molecular formula is C20H21NO3. The average molecular weight is 323 g/mol. The number of ether oxygens (including phenoxy) is 2. The predicted octanol–water partition coefficient (Wildman–Crippen LogP) is 3.36. The van der Waals surface area contributed by atoms with E-state index in [0.717, 1.165) is 42.0 Å². The zero-order valence-corrected chi connectivity index (χ0v) is 13.8. The Morgan fingerprint density at radius 1 is 1.21 bits per heavy atom. The maximum Gasteiger partial charge on any atom is 0.264 e. The van der Waals surface area contributed by atoms with Gasteiger partial charge < -0.3 is 14.4 Å². The highest BCUT2D eigenvalue weighted by atomic mass is 16.5. The molecule has 24 heavy (non-hydrogen) atoms. The highest BCUT2D eigenvalue weighted by Gasteiger charge is 2.37. The molecule has 0 aliphatic carbocycles. The number of fused-ring (bicyclic) bond motifs is 1. The Morgan fingerprint density at radius 3 is 2.92 bits per heavy atom. The van der Waals surface area contributed by atoms with Gasteiger partial charge in [-0.3, -0.25) is 4.79 Å². The monoisotopic (exact) mass is 323 g/mol. The molecule has 4 nitrogen and oxygen atoms in total. The average Bonchev–Trinajstić information content (AvgIpc) is 3.28. The van der Waals surface area contributed by atoms with Crippen LogP contribution in [0.5, 0.6) is 11.5 Å². The number of nitrogens with zero attached hydrogens (tertiary/aromatic N) is 1. The molecule has 0 unspecified atom stereocenters. The van der Waals surface area contributed by atoms with Gasteiger partial charge in [0.2, 0.25) is 0 Å². The number of carbonyl (C=O) groups excluding carboxylic acids is 1. The van der Waals surface area contributed by atoms with Crippen molar-refractivity contribution in [1.82, 2.24) is 4.90 Å². The van der Waals surface area contributed by atoms with Crippen LogP contribution in [0.3, 0.4) is 0 Å². The molecule has 1 fully saturated rings. The number of likely N-dealkylation sites (tertiary alicyclic amines) is 1. The molecule has 0 bridgehead atoms. The largest absolute Gasteiger partial charge is 0.497 e. The molecule has 0 saturated carbocycles. The molecule has 124 valence electrons. The van der Waals surface area contributed by atoms with Gasteiger partial charge in [0.25, 0.3) is 5.91 Å². The Morgan fingerprint density at radius 2 is 2.08 bits per heavy atom. The Hall–Kier alpha value is -2.49. The summed E-state index contributed by atoms with van der Waals surface area (Å²) in [5.41, 5.74) is 2.25. The first-order valence-corrected chi connectivity index (χ1v) is 8.45. The maximum absolute atomic E-state index is 13.0. The quantitative estimate of drug-likeness (QED) is 0.869. The topological polar surface area (TPSA) is 38.8 Å². The van der Waals surface area contributed by atoms with Crippen molar-refractivity contribution in [3.8, 4) is 11.5 Å². The summed E-state index contributed by atoms with van der Waals surface area (Å²) in [4.78, 5) is 15.0. The molecule has 0 spiro atoms. The van der Waals surface area contributed by atoms with Crippen molar-refractivity contribution >= 4 is 5.91 Å². The lowest BCUT2D eigenvalue weighted by Crippen LogP contribution is -2.40. The molecule has 2 aliphatic heterocycles. The van der Waals surface area contributed by atoms with Gasteiger partial charge in [0.05, 0.1) is 13.2 Å². The van der Waals surface area contributed by atoms with Gasteiger partial charge in [0.15, 0.2) is 6.10 Å². The number of benzene rings is 2. The molecule has 1 amide bonds. The number of amides is 1. The van der Waals surface area contributed by atoms with E-state index in [1.807, 2.05) is 47.4 Å². The van der Waals surface area contributed by atoms with Crippen LogP contribution in [0.15, 0.2) is 48.5 Å². The number of rotatable bonds is 3. The van der Waals surface area contributed by atoms with Crippen molar-refractivity contribution < 1.29 is 14.3 Å². The Kier molecular flexibility index (Phi) is 3.89. The fourth-order valence-electron chi connectivity index (χ4n) is 3.73. The van der Waals surface area contributed by atoms with E-state index in [2.05, 4.69) is 6.07 Å². The third kappa shape index (κ3) is 2.62. The minimum absolute atomic E-state index is 0.0940. The molecule has 4 rings (SSSR count). The highest BCUT2D eigenvalue weighted by molar-refractivity contribution is 5.83. The van der Waals surface area contributed by atoms with E-state index in [4.69, 9.17) is 9.47 Å². The van der Waals surface area contributed by atoms with E-state index in [0.29, 0.717) is 6.42 Å². The molecule has 2 atom stereocenters. The number of hydrogen-bond acceptors (Lipinski definition) is 3. The standard InChI is InChI=1S/C20H21NO3/c1-23-16-8-4-7-14(12-16)17-9-5-11-21(17)20(22)19-13-15-6-2-3-10-18(15)24-19/h2-4,6-8,10,12,17,19H,5,9,11,13H2,1H3/t17-,19+/m0/s1. The number of carbonyl (C=O) groups is 1. The first-order chi connectivity index (χ1) is 11.8. The summed E-state index contributed by atoms with van der Waals surface area (Å²) in [7, 11) is 1.67. The van der Waals surface area contributed by atoms with Gasteiger partial charge >= 0.3 is 0 Å². The summed E-state index contributed by atoms with van der Waals surface area (Å²) >= 11 is 0. The van der Waals surface area contributed by atoms with Crippen molar-refractivity contribution in [2.45, 2.75) is 31.4 Å². The number of para-hydroxylation sites is 1. The van der Waals surface area contributed by atoms with Crippen LogP contribution >= 0.6 is 0 Å². The second-order valence-electron chi connectivity index (χ2n) is 6.38. The van der Waals surface area contributed by atoms with Crippen molar-refractivity contribution in [3.05, 3.63) is 59.7 Å². The lowest BCUT2D eigenvalue weighted by atomic mass is 10.0. The lowest BCUT2D eigenvalue weighted by Gasteiger charge is -2.27. The maximum atomic E-state index is 13.0. The molecular weight excluding hydrogens is 302 g/mol. The first kappa shape index (κ1) is 15.1. The molecule has 2 heterocycles. The molecule has 1 saturated heterocycles. The van der Waals surface area contributed by atoms with Crippen LogP contribution in [0.4, 0.5) is 0 Å². The minimum atomic E-state index is -0.395. The van der Waals surface area contributed by atoms with E-state index in [1.165, 1.54) is 0 Å². The van der Waals surface area contributed by atoms with Crippen LogP contribution < -0.4 is 9.47 Å².